The van der Waals surface area contributed by atoms with E-state index >= 15 is 0 Å². The zero-order valence-electron chi connectivity index (χ0n) is 16.2. The molecule has 2 aromatic carbocycles. The first-order valence-electron chi connectivity index (χ1n) is 9.38. The molecule has 2 aliphatic rings. The molecule has 144 valence electrons. The number of fused-ring (bicyclic) bond motifs is 1. The van der Waals surface area contributed by atoms with Crippen molar-refractivity contribution in [1.29, 1.82) is 0 Å². The molecule has 0 amide bonds. The Balaban J connectivity index is 1.90. The van der Waals surface area contributed by atoms with E-state index in [2.05, 4.69) is 24.5 Å². The summed E-state index contributed by atoms with van der Waals surface area (Å²) in [5.74, 6) is 0.0762. The van der Waals surface area contributed by atoms with Crippen LogP contribution in [0, 0.1) is 22.5 Å². The second-order valence-electron chi connectivity index (χ2n) is 8.44. The fraction of sp³-hybridized carbons (Fsp3) is 0.318. The third-order valence-corrected chi connectivity index (χ3v) is 5.38. The van der Waals surface area contributed by atoms with Gasteiger partial charge in [0, 0.05) is 29.8 Å². The van der Waals surface area contributed by atoms with Gasteiger partial charge in [-0.25, -0.2) is 0 Å². The summed E-state index contributed by atoms with van der Waals surface area (Å²) in [4.78, 5) is 24.0. The third-order valence-electron chi connectivity index (χ3n) is 5.38. The van der Waals surface area contributed by atoms with Crippen LogP contribution in [-0.4, -0.2) is 10.7 Å². The van der Waals surface area contributed by atoms with Crippen molar-refractivity contribution < 1.29 is 9.72 Å². The average molecular weight is 377 g/mol. The number of hydrogen-bond donors (Lipinski definition) is 2. The Bertz CT molecular complexity index is 1020. The number of rotatable bonds is 2. The van der Waals surface area contributed by atoms with Gasteiger partial charge in [0.25, 0.3) is 5.69 Å². The number of anilines is 2. The highest BCUT2D eigenvalue weighted by atomic mass is 16.6. The van der Waals surface area contributed by atoms with E-state index in [-0.39, 0.29) is 16.9 Å². The zero-order chi connectivity index (χ0) is 20.1. The molecule has 4 rings (SSSR count). The van der Waals surface area contributed by atoms with Gasteiger partial charge in [-0.3, -0.25) is 14.9 Å². The van der Waals surface area contributed by atoms with Crippen molar-refractivity contribution in [2.75, 3.05) is 10.6 Å². The van der Waals surface area contributed by atoms with Gasteiger partial charge in [-0.2, -0.15) is 0 Å². The molecule has 0 aromatic heterocycles. The number of Topliss-reactive ketones (excluding diaryl/α,β-unsaturated/α-hetero) is 1. The SMILES string of the molecule is Cc1ccc2c(c1)NC(c1cccc([N+](=O)[O-])c1)C1=C(CC(C)(C)CC1=O)N2. The van der Waals surface area contributed by atoms with Crippen molar-refractivity contribution in [1.82, 2.24) is 0 Å². The molecule has 1 aliphatic heterocycles. The molecule has 0 radical (unpaired) electrons. The molecule has 0 saturated heterocycles. The quantitative estimate of drug-likeness (QED) is 0.560. The van der Waals surface area contributed by atoms with Crippen molar-refractivity contribution in [3.8, 4) is 0 Å². The lowest BCUT2D eigenvalue weighted by molar-refractivity contribution is -0.384. The van der Waals surface area contributed by atoms with Gasteiger partial charge >= 0.3 is 0 Å². The average Bonchev–Trinajstić information content (AvgIpc) is 2.77. The number of nitro groups is 1. The molecule has 1 atom stereocenters. The molecule has 0 fully saturated rings. The van der Waals surface area contributed by atoms with Crippen LogP contribution in [0.15, 0.2) is 53.7 Å². The minimum absolute atomic E-state index is 0.0201. The Labute approximate surface area is 163 Å². The lowest BCUT2D eigenvalue weighted by Crippen LogP contribution is -2.31. The second-order valence-corrected chi connectivity index (χ2v) is 8.44. The number of aryl methyl sites for hydroxylation is 1. The molecular formula is C22H23N3O3. The van der Waals surface area contributed by atoms with E-state index in [1.807, 2.05) is 31.2 Å². The summed E-state index contributed by atoms with van der Waals surface area (Å²) < 4.78 is 0. The number of nitrogens with one attached hydrogen (secondary N) is 2. The number of carbonyl (C=O) groups is 1. The van der Waals surface area contributed by atoms with Gasteiger partial charge in [0.15, 0.2) is 5.78 Å². The highest BCUT2D eigenvalue weighted by molar-refractivity contribution is 6.01. The van der Waals surface area contributed by atoms with Crippen molar-refractivity contribution in [3.05, 3.63) is 75.0 Å². The Hall–Kier alpha value is -3.15. The van der Waals surface area contributed by atoms with Crippen LogP contribution in [0.25, 0.3) is 0 Å². The summed E-state index contributed by atoms with van der Waals surface area (Å²) in [5.41, 5.74) is 5.07. The van der Waals surface area contributed by atoms with Crippen LogP contribution >= 0.6 is 0 Å². The van der Waals surface area contributed by atoms with Gasteiger partial charge in [-0.05, 0) is 42.0 Å². The smallest absolute Gasteiger partial charge is 0.269 e. The second kappa shape index (κ2) is 6.48. The highest BCUT2D eigenvalue weighted by Crippen LogP contribution is 2.45. The van der Waals surface area contributed by atoms with Crippen LogP contribution < -0.4 is 10.6 Å². The predicted octanol–water partition coefficient (Wildman–Crippen LogP) is 5.13. The van der Waals surface area contributed by atoms with E-state index in [1.54, 1.807) is 12.1 Å². The third kappa shape index (κ3) is 3.26. The number of carbonyl (C=O) groups excluding carboxylic acids is 1. The Morgan fingerprint density at radius 1 is 1.11 bits per heavy atom. The van der Waals surface area contributed by atoms with Gasteiger partial charge in [0.05, 0.1) is 22.3 Å². The van der Waals surface area contributed by atoms with Crippen LogP contribution in [-0.2, 0) is 4.79 Å². The molecule has 6 heteroatoms. The summed E-state index contributed by atoms with van der Waals surface area (Å²) in [6, 6.07) is 12.1. The number of nitro benzene ring substituents is 1. The molecular weight excluding hydrogens is 354 g/mol. The molecule has 2 aromatic rings. The van der Waals surface area contributed by atoms with E-state index in [9.17, 15) is 14.9 Å². The molecule has 1 unspecified atom stereocenters. The van der Waals surface area contributed by atoms with E-state index in [0.29, 0.717) is 17.6 Å². The molecule has 0 bridgehead atoms. The first-order chi connectivity index (χ1) is 13.2. The Morgan fingerprint density at radius 2 is 1.89 bits per heavy atom. The van der Waals surface area contributed by atoms with Crippen molar-refractivity contribution in [3.63, 3.8) is 0 Å². The largest absolute Gasteiger partial charge is 0.372 e. The number of ketones is 1. The summed E-state index contributed by atoms with van der Waals surface area (Å²) in [5, 5.41) is 18.2. The zero-order valence-corrected chi connectivity index (χ0v) is 16.2. The maximum Gasteiger partial charge on any atom is 0.269 e. The maximum absolute atomic E-state index is 13.1. The molecule has 28 heavy (non-hydrogen) atoms. The summed E-state index contributed by atoms with van der Waals surface area (Å²) in [6.45, 7) is 6.19. The number of non-ortho nitro benzene ring substituents is 1. The summed E-state index contributed by atoms with van der Waals surface area (Å²) in [7, 11) is 0. The molecule has 1 aliphatic carbocycles. The standard InChI is InChI=1S/C22H23N3O3/c1-13-7-8-16-17(9-13)24-21(14-5-4-6-15(10-14)25(27)28)20-18(23-16)11-22(2,3)12-19(20)26/h4-10,21,23-24H,11-12H2,1-3H3. The summed E-state index contributed by atoms with van der Waals surface area (Å²) >= 11 is 0. The molecule has 0 saturated carbocycles. The molecule has 2 N–H and O–H groups in total. The van der Waals surface area contributed by atoms with Crippen LogP contribution in [0.3, 0.4) is 0 Å². The van der Waals surface area contributed by atoms with Crippen molar-refractivity contribution >= 4 is 22.8 Å². The lowest BCUT2D eigenvalue weighted by Gasteiger charge is -2.34. The summed E-state index contributed by atoms with van der Waals surface area (Å²) in [6.07, 6.45) is 1.20. The highest BCUT2D eigenvalue weighted by Gasteiger charge is 2.38. The number of benzene rings is 2. The monoisotopic (exact) mass is 377 g/mol. The van der Waals surface area contributed by atoms with Crippen LogP contribution in [0.2, 0.25) is 0 Å². The maximum atomic E-state index is 13.1. The van der Waals surface area contributed by atoms with E-state index in [1.165, 1.54) is 6.07 Å². The molecule has 0 spiro atoms. The topological polar surface area (TPSA) is 84.3 Å². The Kier molecular flexibility index (Phi) is 4.22. The number of nitrogens with zero attached hydrogens (tertiary/aromatic N) is 1. The van der Waals surface area contributed by atoms with Crippen LogP contribution in [0.5, 0.6) is 0 Å². The van der Waals surface area contributed by atoms with Gasteiger partial charge in [0.1, 0.15) is 0 Å². The predicted molar refractivity (Wildman–Crippen MR) is 109 cm³/mol. The normalized spacial score (nSPS) is 20.4. The minimum Gasteiger partial charge on any atom is -0.372 e. The fourth-order valence-corrected chi connectivity index (χ4v) is 4.13. The van der Waals surface area contributed by atoms with Gasteiger partial charge < -0.3 is 10.6 Å². The van der Waals surface area contributed by atoms with E-state index in [4.69, 9.17) is 0 Å². The van der Waals surface area contributed by atoms with Gasteiger partial charge in [0.2, 0.25) is 0 Å². The first kappa shape index (κ1) is 18.2. The number of hydrogen-bond acceptors (Lipinski definition) is 5. The van der Waals surface area contributed by atoms with Crippen molar-refractivity contribution in [2.45, 2.75) is 39.7 Å². The van der Waals surface area contributed by atoms with Gasteiger partial charge in [-0.1, -0.05) is 32.0 Å². The first-order valence-corrected chi connectivity index (χ1v) is 9.38. The van der Waals surface area contributed by atoms with Gasteiger partial charge in [-0.15, -0.1) is 0 Å². The lowest BCUT2D eigenvalue weighted by atomic mass is 9.73. The van der Waals surface area contributed by atoms with Crippen molar-refractivity contribution in [2.24, 2.45) is 5.41 Å². The fourth-order valence-electron chi connectivity index (χ4n) is 4.13. The molecule has 1 heterocycles. The van der Waals surface area contributed by atoms with Crippen LogP contribution in [0.4, 0.5) is 17.1 Å². The Morgan fingerprint density at radius 3 is 2.64 bits per heavy atom. The molecule has 6 nitrogen and oxygen atoms in total. The van der Waals surface area contributed by atoms with E-state index in [0.717, 1.165) is 29.1 Å². The number of allylic oxidation sites excluding steroid dienone is 1. The minimum atomic E-state index is -0.436. The van der Waals surface area contributed by atoms with E-state index < -0.39 is 11.0 Å². The van der Waals surface area contributed by atoms with Crippen LogP contribution in [0.1, 0.15) is 43.9 Å².